The fraction of sp³-hybridized carbons (Fsp3) is 0.714. The molecular formula is C14H24N4O2. The topological polar surface area (TPSA) is 70.5 Å². The Balaban J connectivity index is 2.15. The first-order valence-corrected chi connectivity index (χ1v) is 7.35. The van der Waals surface area contributed by atoms with Gasteiger partial charge in [0.25, 0.3) is 0 Å². The van der Waals surface area contributed by atoms with Crippen molar-refractivity contribution in [2.75, 3.05) is 36.5 Å². The van der Waals surface area contributed by atoms with Gasteiger partial charge in [0.15, 0.2) is 5.82 Å². The number of anilines is 2. The van der Waals surface area contributed by atoms with Crippen LogP contribution < -0.4 is 10.2 Å². The van der Waals surface area contributed by atoms with Crippen molar-refractivity contribution in [1.29, 1.82) is 0 Å². The highest BCUT2D eigenvalue weighted by atomic mass is 16.5. The second kappa shape index (κ2) is 7.40. The third-order valence-corrected chi connectivity index (χ3v) is 3.34. The maximum absolute atomic E-state index is 9.59. The Labute approximate surface area is 120 Å². The smallest absolute Gasteiger partial charge is 0.158 e. The molecule has 1 saturated heterocycles. The Morgan fingerprint density at radius 2 is 2.10 bits per heavy atom. The summed E-state index contributed by atoms with van der Waals surface area (Å²) in [4.78, 5) is 11.2. The van der Waals surface area contributed by atoms with Crippen molar-refractivity contribution in [3.63, 3.8) is 0 Å². The molecule has 1 aromatic rings. The van der Waals surface area contributed by atoms with Gasteiger partial charge in [0.05, 0.1) is 6.10 Å². The van der Waals surface area contributed by atoms with Gasteiger partial charge in [0, 0.05) is 32.3 Å². The molecule has 0 aliphatic carbocycles. The first-order valence-electron chi connectivity index (χ1n) is 7.35. The quantitative estimate of drug-likeness (QED) is 0.821. The van der Waals surface area contributed by atoms with Gasteiger partial charge < -0.3 is 20.1 Å². The molecule has 0 bridgehead atoms. The van der Waals surface area contributed by atoms with Crippen LogP contribution in [0.4, 0.5) is 11.6 Å². The molecule has 2 rings (SSSR count). The lowest BCUT2D eigenvalue weighted by Crippen LogP contribution is -2.36. The van der Waals surface area contributed by atoms with Crippen molar-refractivity contribution in [2.45, 2.75) is 39.4 Å². The lowest BCUT2D eigenvalue weighted by molar-refractivity contribution is 0.128. The molecule has 0 aromatic carbocycles. The first kappa shape index (κ1) is 15.0. The number of piperidine rings is 1. The molecule has 0 unspecified atom stereocenters. The number of nitrogens with zero attached hydrogens (tertiary/aromatic N) is 3. The number of aromatic nitrogens is 2. The van der Waals surface area contributed by atoms with Crippen LogP contribution in [0.3, 0.4) is 0 Å². The maximum Gasteiger partial charge on any atom is 0.158 e. The standard InChI is InChI=1S/C14H24N4O2/c1-3-15-12-9-14(17-13(16-12)10-20-4-2)18-7-5-11(19)6-8-18/h9,11,19H,3-8,10H2,1-2H3,(H,15,16,17). The van der Waals surface area contributed by atoms with Crippen LogP contribution in [0.25, 0.3) is 0 Å². The summed E-state index contributed by atoms with van der Waals surface area (Å²) in [6.45, 7) is 7.57. The van der Waals surface area contributed by atoms with Gasteiger partial charge in [-0.1, -0.05) is 0 Å². The zero-order valence-corrected chi connectivity index (χ0v) is 12.3. The van der Waals surface area contributed by atoms with E-state index in [1.165, 1.54) is 0 Å². The first-order chi connectivity index (χ1) is 9.72. The highest BCUT2D eigenvalue weighted by Gasteiger charge is 2.19. The summed E-state index contributed by atoms with van der Waals surface area (Å²) in [5.41, 5.74) is 0. The Kier molecular flexibility index (Phi) is 5.55. The molecule has 0 radical (unpaired) electrons. The van der Waals surface area contributed by atoms with Crippen LogP contribution in [0.15, 0.2) is 6.07 Å². The van der Waals surface area contributed by atoms with E-state index >= 15 is 0 Å². The van der Waals surface area contributed by atoms with Gasteiger partial charge in [-0.2, -0.15) is 0 Å². The molecule has 6 nitrogen and oxygen atoms in total. The van der Waals surface area contributed by atoms with Crippen LogP contribution in [0.2, 0.25) is 0 Å². The number of aliphatic hydroxyl groups is 1. The molecule has 2 N–H and O–H groups in total. The third-order valence-electron chi connectivity index (χ3n) is 3.34. The van der Waals surface area contributed by atoms with Crippen LogP contribution in [0.5, 0.6) is 0 Å². The van der Waals surface area contributed by atoms with Gasteiger partial charge >= 0.3 is 0 Å². The summed E-state index contributed by atoms with van der Waals surface area (Å²) < 4.78 is 5.40. The molecule has 0 amide bonds. The summed E-state index contributed by atoms with van der Waals surface area (Å²) in [6, 6.07) is 1.97. The molecule has 2 heterocycles. The fourth-order valence-electron chi connectivity index (χ4n) is 2.27. The molecule has 20 heavy (non-hydrogen) atoms. The van der Waals surface area contributed by atoms with Gasteiger partial charge in [0.2, 0.25) is 0 Å². The summed E-state index contributed by atoms with van der Waals surface area (Å²) in [5, 5.41) is 12.8. The molecule has 1 aromatic heterocycles. The fourth-order valence-corrected chi connectivity index (χ4v) is 2.27. The van der Waals surface area contributed by atoms with Gasteiger partial charge in [-0.05, 0) is 26.7 Å². The highest BCUT2D eigenvalue weighted by Crippen LogP contribution is 2.21. The van der Waals surface area contributed by atoms with Crippen molar-refractivity contribution in [3.8, 4) is 0 Å². The van der Waals surface area contributed by atoms with E-state index in [2.05, 4.69) is 20.2 Å². The van der Waals surface area contributed by atoms with Crippen LogP contribution in [-0.2, 0) is 11.3 Å². The van der Waals surface area contributed by atoms with Crippen molar-refractivity contribution in [3.05, 3.63) is 11.9 Å². The number of hydrogen-bond donors (Lipinski definition) is 2. The number of aliphatic hydroxyl groups excluding tert-OH is 1. The summed E-state index contributed by atoms with van der Waals surface area (Å²) in [6.07, 6.45) is 1.41. The van der Waals surface area contributed by atoms with Gasteiger partial charge in [-0.3, -0.25) is 0 Å². The normalized spacial score (nSPS) is 16.4. The minimum atomic E-state index is -0.177. The predicted octanol–water partition coefficient (Wildman–Crippen LogP) is 1.41. The Morgan fingerprint density at radius 1 is 1.35 bits per heavy atom. The molecular weight excluding hydrogens is 256 g/mol. The van der Waals surface area contributed by atoms with Crippen LogP contribution in [0, 0.1) is 0 Å². The molecule has 1 aliphatic heterocycles. The Hall–Kier alpha value is -1.40. The average Bonchev–Trinajstić information content (AvgIpc) is 2.46. The van der Waals surface area contributed by atoms with E-state index in [0.29, 0.717) is 19.0 Å². The average molecular weight is 280 g/mol. The van der Waals surface area contributed by atoms with Gasteiger partial charge in [-0.25, -0.2) is 9.97 Å². The second-order valence-electron chi connectivity index (χ2n) is 4.91. The highest BCUT2D eigenvalue weighted by molar-refractivity contribution is 5.49. The molecule has 6 heteroatoms. The molecule has 0 atom stereocenters. The van der Waals surface area contributed by atoms with E-state index in [-0.39, 0.29) is 6.10 Å². The van der Waals surface area contributed by atoms with Crippen LogP contribution in [-0.4, -0.2) is 47.4 Å². The lowest BCUT2D eigenvalue weighted by atomic mass is 10.1. The zero-order chi connectivity index (χ0) is 14.4. The summed E-state index contributed by atoms with van der Waals surface area (Å²) in [7, 11) is 0. The largest absolute Gasteiger partial charge is 0.393 e. The molecule has 1 aliphatic rings. The molecule has 1 fully saturated rings. The van der Waals surface area contributed by atoms with Crippen molar-refractivity contribution < 1.29 is 9.84 Å². The van der Waals surface area contributed by atoms with E-state index in [9.17, 15) is 5.11 Å². The number of hydrogen-bond acceptors (Lipinski definition) is 6. The van der Waals surface area contributed by atoms with E-state index in [1.807, 2.05) is 19.9 Å². The Morgan fingerprint density at radius 3 is 2.75 bits per heavy atom. The zero-order valence-electron chi connectivity index (χ0n) is 12.3. The minimum absolute atomic E-state index is 0.177. The van der Waals surface area contributed by atoms with Crippen LogP contribution >= 0.6 is 0 Å². The lowest BCUT2D eigenvalue weighted by Gasteiger charge is -2.30. The number of rotatable bonds is 6. The van der Waals surface area contributed by atoms with E-state index < -0.39 is 0 Å². The van der Waals surface area contributed by atoms with Crippen molar-refractivity contribution in [2.24, 2.45) is 0 Å². The monoisotopic (exact) mass is 280 g/mol. The van der Waals surface area contributed by atoms with Gasteiger partial charge in [0.1, 0.15) is 18.2 Å². The third kappa shape index (κ3) is 4.05. The maximum atomic E-state index is 9.59. The minimum Gasteiger partial charge on any atom is -0.393 e. The predicted molar refractivity (Wildman–Crippen MR) is 79.0 cm³/mol. The second-order valence-corrected chi connectivity index (χ2v) is 4.91. The number of ether oxygens (including phenoxy) is 1. The summed E-state index contributed by atoms with van der Waals surface area (Å²) >= 11 is 0. The molecule has 112 valence electrons. The SMILES string of the molecule is CCNc1cc(N2CCC(O)CC2)nc(COCC)n1. The molecule has 0 spiro atoms. The number of nitrogens with one attached hydrogen (secondary N) is 1. The van der Waals surface area contributed by atoms with Crippen LogP contribution in [0.1, 0.15) is 32.5 Å². The van der Waals surface area contributed by atoms with E-state index in [1.54, 1.807) is 0 Å². The molecule has 0 saturated carbocycles. The van der Waals surface area contributed by atoms with Gasteiger partial charge in [-0.15, -0.1) is 0 Å². The van der Waals surface area contributed by atoms with Crippen molar-refractivity contribution in [1.82, 2.24) is 9.97 Å². The Bertz CT molecular complexity index is 420. The summed E-state index contributed by atoms with van der Waals surface area (Å²) in [5.74, 6) is 2.45. The van der Waals surface area contributed by atoms with E-state index in [0.717, 1.165) is 44.1 Å². The van der Waals surface area contributed by atoms with E-state index in [4.69, 9.17) is 4.74 Å². The van der Waals surface area contributed by atoms with Crippen molar-refractivity contribution >= 4 is 11.6 Å².